The number of carbonyl (C=O) groups is 1. The van der Waals surface area contributed by atoms with Gasteiger partial charge in [0.15, 0.2) is 0 Å². The van der Waals surface area contributed by atoms with Gasteiger partial charge in [0.1, 0.15) is 5.75 Å². The Morgan fingerprint density at radius 3 is 2.82 bits per heavy atom. The number of nitrogens with one attached hydrogen (secondary N) is 1. The van der Waals surface area contributed by atoms with Crippen LogP contribution in [-0.2, 0) is 19.6 Å². The number of urea groups is 1. The predicted octanol–water partition coefficient (Wildman–Crippen LogP) is 4.28. The lowest BCUT2D eigenvalue weighted by Crippen LogP contribution is -2.45. The minimum atomic E-state index is -0.107. The van der Waals surface area contributed by atoms with E-state index >= 15 is 0 Å². The summed E-state index contributed by atoms with van der Waals surface area (Å²) >= 11 is 12.9. The summed E-state index contributed by atoms with van der Waals surface area (Å²) < 4.78 is 7.94. The van der Waals surface area contributed by atoms with Gasteiger partial charge in [0.05, 0.1) is 41.7 Å². The molecule has 2 aromatic heterocycles. The number of anilines is 1. The van der Waals surface area contributed by atoms with Crippen molar-refractivity contribution in [3.8, 4) is 17.0 Å². The molecule has 3 aromatic rings. The fourth-order valence-corrected chi connectivity index (χ4v) is 4.74. The van der Waals surface area contributed by atoms with Crippen molar-refractivity contribution in [3.63, 3.8) is 0 Å². The van der Waals surface area contributed by atoms with E-state index < -0.39 is 0 Å². The van der Waals surface area contributed by atoms with Crippen LogP contribution in [0.25, 0.3) is 11.3 Å². The largest absolute Gasteiger partial charge is 0.493 e. The first kappa shape index (κ1) is 22.7. The Bertz CT molecular complexity index is 1200. The van der Waals surface area contributed by atoms with E-state index in [0.29, 0.717) is 52.4 Å². The van der Waals surface area contributed by atoms with Crippen LogP contribution < -0.4 is 15.8 Å². The van der Waals surface area contributed by atoms with Gasteiger partial charge in [-0.05, 0) is 37.5 Å². The third kappa shape index (κ3) is 4.76. The Balaban J connectivity index is 1.40. The predicted molar refractivity (Wildman–Crippen MR) is 130 cm³/mol. The Kier molecular flexibility index (Phi) is 6.47. The molecule has 1 aromatic carbocycles. The van der Waals surface area contributed by atoms with E-state index in [2.05, 4.69) is 20.4 Å². The van der Waals surface area contributed by atoms with E-state index in [1.807, 2.05) is 16.9 Å². The first-order chi connectivity index (χ1) is 16.5. The van der Waals surface area contributed by atoms with Crippen LogP contribution in [0.2, 0.25) is 10.0 Å². The molecule has 0 bridgehead atoms. The molecule has 9 nitrogen and oxygen atoms in total. The van der Waals surface area contributed by atoms with E-state index in [-0.39, 0.29) is 18.0 Å². The lowest BCUT2D eigenvalue weighted by molar-refractivity contribution is 0.186. The Labute approximate surface area is 207 Å². The lowest BCUT2D eigenvalue weighted by Gasteiger charge is -2.28. The van der Waals surface area contributed by atoms with Crippen LogP contribution in [0.15, 0.2) is 30.6 Å². The highest BCUT2D eigenvalue weighted by molar-refractivity contribution is 6.37. The Morgan fingerprint density at radius 1 is 1.24 bits per heavy atom. The highest BCUT2D eigenvalue weighted by Crippen LogP contribution is 2.42. The summed E-state index contributed by atoms with van der Waals surface area (Å²) in [6, 6.07) is 5.39. The quantitative estimate of drug-likeness (QED) is 0.467. The molecule has 1 aliphatic heterocycles. The van der Waals surface area contributed by atoms with Crippen LogP contribution in [0.4, 0.5) is 10.7 Å². The summed E-state index contributed by atoms with van der Waals surface area (Å²) in [5.41, 5.74) is 8.72. The SMILES string of the molecule is Nc1nc2c(c(-c3c(Cl)cc(Cl)cc3OCCCn3cccn3)n1)CN(C(=O)NC1CCC1)C2. The number of aryl methyl sites for hydroxylation is 1. The van der Waals surface area contributed by atoms with Gasteiger partial charge in [0, 0.05) is 42.0 Å². The molecule has 5 rings (SSSR count). The minimum absolute atomic E-state index is 0.107. The van der Waals surface area contributed by atoms with Crippen molar-refractivity contribution in [2.45, 2.75) is 51.4 Å². The minimum Gasteiger partial charge on any atom is -0.493 e. The number of nitrogen functional groups attached to an aromatic ring is 1. The second kappa shape index (κ2) is 9.68. The average molecular weight is 502 g/mol. The van der Waals surface area contributed by atoms with Gasteiger partial charge in [-0.15, -0.1) is 0 Å². The van der Waals surface area contributed by atoms with Crippen LogP contribution in [0.1, 0.15) is 36.9 Å². The molecule has 0 saturated heterocycles. The number of carbonyl (C=O) groups excluding carboxylic acids is 1. The maximum Gasteiger partial charge on any atom is 0.318 e. The zero-order chi connectivity index (χ0) is 23.7. The molecular formula is C23H25Cl2N7O2. The maximum atomic E-state index is 12.8. The number of ether oxygens (including phenoxy) is 1. The van der Waals surface area contributed by atoms with E-state index in [4.69, 9.17) is 33.7 Å². The number of hydrogen-bond donors (Lipinski definition) is 2. The topological polar surface area (TPSA) is 111 Å². The Hall–Kier alpha value is -3.04. The van der Waals surface area contributed by atoms with Gasteiger partial charge in [-0.2, -0.15) is 5.10 Å². The van der Waals surface area contributed by atoms with E-state index in [0.717, 1.165) is 37.8 Å². The molecule has 1 fully saturated rings. The molecule has 1 saturated carbocycles. The lowest BCUT2D eigenvalue weighted by atomic mass is 9.93. The molecule has 34 heavy (non-hydrogen) atoms. The molecule has 11 heteroatoms. The van der Waals surface area contributed by atoms with Gasteiger partial charge in [-0.1, -0.05) is 23.2 Å². The summed E-state index contributed by atoms with van der Waals surface area (Å²) in [6.45, 7) is 1.87. The maximum absolute atomic E-state index is 12.8. The van der Waals surface area contributed by atoms with Crippen molar-refractivity contribution in [1.82, 2.24) is 30.0 Å². The molecule has 0 unspecified atom stereocenters. The number of benzene rings is 1. The third-order valence-electron chi connectivity index (χ3n) is 6.12. The number of amides is 2. The van der Waals surface area contributed by atoms with Gasteiger partial charge in [-0.3, -0.25) is 4.68 Å². The summed E-state index contributed by atoms with van der Waals surface area (Å²) in [4.78, 5) is 23.4. The van der Waals surface area contributed by atoms with Crippen molar-refractivity contribution in [3.05, 3.63) is 51.9 Å². The molecule has 3 heterocycles. The summed E-state index contributed by atoms with van der Waals surface area (Å²) in [5.74, 6) is 0.626. The molecule has 2 amide bonds. The van der Waals surface area contributed by atoms with Crippen LogP contribution in [0.5, 0.6) is 5.75 Å². The van der Waals surface area contributed by atoms with Gasteiger partial charge >= 0.3 is 6.03 Å². The normalized spacial score (nSPS) is 15.2. The molecule has 3 N–H and O–H groups in total. The summed E-state index contributed by atoms with van der Waals surface area (Å²) in [6.07, 6.45) is 7.58. The molecule has 2 aliphatic rings. The number of aromatic nitrogens is 4. The van der Waals surface area contributed by atoms with Crippen molar-refractivity contribution in [2.24, 2.45) is 0 Å². The van der Waals surface area contributed by atoms with Crippen molar-refractivity contribution in [2.75, 3.05) is 12.3 Å². The van der Waals surface area contributed by atoms with Gasteiger partial charge in [0.25, 0.3) is 0 Å². The zero-order valence-electron chi connectivity index (χ0n) is 18.5. The summed E-state index contributed by atoms with van der Waals surface area (Å²) in [7, 11) is 0. The van der Waals surface area contributed by atoms with Gasteiger partial charge in [0.2, 0.25) is 5.95 Å². The van der Waals surface area contributed by atoms with Crippen molar-refractivity contribution >= 4 is 35.2 Å². The highest BCUT2D eigenvalue weighted by Gasteiger charge is 2.32. The van der Waals surface area contributed by atoms with Gasteiger partial charge < -0.3 is 20.7 Å². The fourth-order valence-electron chi connectivity index (χ4n) is 4.18. The van der Waals surface area contributed by atoms with Crippen LogP contribution in [0.3, 0.4) is 0 Å². The van der Waals surface area contributed by atoms with Crippen molar-refractivity contribution < 1.29 is 9.53 Å². The standard InChI is InChI=1S/C23H25Cl2N7O2/c24-14-10-17(25)20(19(11-14)34-9-3-8-32-7-2-6-27-32)21-16-12-31(13-18(16)29-22(26)30-21)23(33)28-15-4-1-5-15/h2,6-7,10-11,15H,1,3-5,8-9,12-13H2,(H,28,33)(H2,26,29,30). The molecule has 178 valence electrons. The van der Waals surface area contributed by atoms with E-state index in [1.54, 1.807) is 23.2 Å². The third-order valence-corrected chi connectivity index (χ3v) is 6.64. The van der Waals surface area contributed by atoms with Crippen LogP contribution >= 0.6 is 23.2 Å². The highest BCUT2D eigenvalue weighted by atomic mass is 35.5. The summed E-state index contributed by atoms with van der Waals surface area (Å²) in [5, 5.41) is 8.13. The molecular weight excluding hydrogens is 477 g/mol. The average Bonchev–Trinajstić information content (AvgIpc) is 3.43. The number of fused-ring (bicyclic) bond motifs is 1. The van der Waals surface area contributed by atoms with Crippen LogP contribution in [-0.4, -0.2) is 43.3 Å². The Morgan fingerprint density at radius 2 is 2.09 bits per heavy atom. The molecule has 0 radical (unpaired) electrons. The number of nitrogens with two attached hydrogens (primary N) is 1. The second-order valence-corrected chi connectivity index (χ2v) is 9.36. The molecule has 0 spiro atoms. The first-order valence-electron chi connectivity index (χ1n) is 11.3. The van der Waals surface area contributed by atoms with Crippen molar-refractivity contribution in [1.29, 1.82) is 0 Å². The van der Waals surface area contributed by atoms with Gasteiger partial charge in [-0.25, -0.2) is 14.8 Å². The first-order valence-corrected chi connectivity index (χ1v) is 12.0. The number of hydrogen-bond acceptors (Lipinski definition) is 6. The van der Waals surface area contributed by atoms with E-state index in [9.17, 15) is 4.79 Å². The second-order valence-electron chi connectivity index (χ2n) is 8.52. The zero-order valence-corrected chi connectivity index (χ0v) is 20.0. The number of nitrogens with zero attached hydrogens (tertiary/aromatic N) is 5. The smallest absolute Gasteiger partial charge is 0.318 e. The van der Waals surface area contributed by atoms with Crippen LogP contribution in [0, 0.1) is 0 Å². The van der Waals surface area contributed by atoms with E-state index in [1.165, 1.54) is 0 Å². The molecule has 1 aliphatic carbocycles. The number of rotatable bonds is 7. The molecule has 0 atom stereocenters. The monoisotopic (exact) mass is 501 g/mol. The number of halogens is 2. The fraction of sp³-hybridized carbons (Fsp3) is 0.391.